The molecule has 1 saturated heterocycles. The average molecular weight is 108 g/mol. The van der Waals surface area contributed by atoms with Crippen LogP contribution in [0.3, 0.4) is 0 Å². The quantitative estimate of drug-likeness (QED) is 0.317. The molecule has 0 saturated carbocycles. The van der Waals surface area contributed by atoms with Crippen molar-refractivity contribution in [2.45, 2.75) is 18.1 Å². The molecule has 1 rings (SSSR count). The molecular weight excluding hydrogens is 98.0 g/mol. The van der Waals surface area contributed by atoms with E-state index in [0.717, 1.165) is 6.61 Å². The van der Waals surface area contributed by atoms with Gasteiger partial charge in [0.25, 0.3) is 0 Å². The van der Waals surface area contributed by atoms with E-state index in [9.17, 15) is 0 Å². The average Bonchev–Trinajstić information content (AvgIpc) is 1.72. The van der Waals surface area contributed by atoms with Gasteiger partial charge in [-0.15, -0.1) is 0 Å². The molecule has 36 valence electrons. The van der Waals surface area contributed by atoms with Crippen LogP contribution in [-0.4, -0.2) is 22.2 Å². The molecule has 1 aliphatic heterocycles. The molecule has 0 aromatic rings. The van der Waals surface area contributed by atoms with Crippen molar-refractivity contribution < 1.29 is 24.1 Å². The first-order valence-electron chi connectivity index (χ1n) is 2.58. The molecule has 1 fully saturated rings. The van der Waals surface area contributed by atoms with Gasteiger partial charge in [0.1, 0.15) is 0 Å². The van der Waals surface area contributed by atoms with Gasteiger partial charge in [-0.05, 0) is 6.42 Å². The Kier molecular flexibility index (Phi) is 6.05. The van der Waals surface area contributed by atoms with Crippen molar-refractivity contribution in [3.63, 3.8) is 0 Å². The molecule has 3 heteroatoms. The maximum atomic E-state index is 5.21. The van der Waals surface area contributed by atoms with E-state index in [0.29, 0.717) is 0 Å². The molecule has 1 nitrogen and oxygen atoms in total. The van der Waals surface area contributed by atoms with E-state index in [1.807, 2.05) is 0 Å². The summed E-state index contributed by atoms with van der Waals surface area (Å²) in [5.74, 6) is 0. The van der Waals surface area contributed by atoms with Gasteiger partial charge in [0, 0.05) is 6.61 Å². The van der Waals surface area contributed by atoms with Gasteiger partial charge in [0.05, 0.1) is 0 Å². The molecular formula is C4H10AlLiO. The Balaban J connectivity index is 0. The van der Waals surface area contributed by atoms with E-state index in [1.54, 1.807) is 0 Å². The van der Waals surface area contributed by atoms with E-state index >= 15 is 0 Å². The van der Waals surface area contributed by atoms with Crippen LogP contribution in [0.25, 0.3) is 0 Å². The fourth-order valence-corrected chi connectivity index (χ4v) is 1.86. The third kappa shape index (κ3) is 3.65. The van der Waals surface area contributed by atoms with Crippen molar-refractivity contribution >= 4 is 15.6 Å². The molecule has 7 heavy (non-hydrogen) atoms. The van der Waals surface area contributed by atoms with Crippen LogP contribution in [0.1, 0.15) is 14.3 Å². The van der Waals surface area contributed by atoms with Crippen LogP contribution in [0.2, 0.25) is 5.28 Å². The van der Waals surface area contributed by atoms with Crippen LogP contribution in [0, 0.1) is 0 Å². The monoisotopic (exact) mass is 108 g/mol. The topological polar surface area (TPSA) is 9.23 Å². The standard InChI is InChI=1S/C4H8O.Al.Li.2H/c1-2-3-4-5;;;;/h1-4H2;;;;/q-1;2*+1;;-1. The predicted molar refractivity (Wildman–Crippen MR) is 28.3 cm³/mol. The molecule has 0 aromatic heterocycles. The smallest absolute Gasteiger partial charge is 1.00 e. The van der Waals surface area contributed by atoms with Gasteiger partial charge in [-0.2, -0.15) is 0 Å². The first kappa shape index (κ1) is 8.09. The Morgan fingerprint density at radius 1 is 1.43 bits per heavy atom. The summed E-state index contributed by atoms with van der Waals surface area (Å²) in [6.07, 6.45) is 2.75. The second kappa shape index (κ2) is 5.23. The van der Waals surface area contributed by atoms with Crippen LogP contribution in [-0.2, 0) is 3.79 Å². The zero-order valence-electron chi connectivity index (χ0n) is 5.94. The second-order valence-corrected chi connectivity index (χ2v) is 3.20. The van der Waals surface area contributed by atoms with E-state index in [-0.39, 0.29) is 35.8 Å². The Morgan fingerprint density at radius 3 is 2.43 bits per heavy atom. The predicted octanol–water partition coefficient (Wildman–Crippen LogP) is -2.32. The number of hydrogen-bond donors (Lipinski definition) is 0. The van der Waals surface area contributed by atoms with Crippen molar-refractivity contribution in [3.8, 4) is 0 Å². The first-order chi connectivity index (χ1) is 3.00. The minimum Gasteiger partial charge on any atom is -1.00 e. The molecule has 1 aliphatic rings. The van der Waals surface area contributed by atoms with E-state index in [4.69, 9.17) is 3.79 Å². The summed E-state index contributed by atoms with van der Waals surface area (Å²) in [6, 6.07) is 0. The minimum atomic E-state index is 0. The van der Waals surface area contributed by atoms with Crippen molar-refractivity contribution in [1.29, 1.82) is 0 Å². The SMILES string of the molecule is C1C[CH2][AlH][O]C1.[H-].[Li+]. The molecule has 0 unspecified atom stereocenters. The number of rotatable bonds is 0. The minimum absolute atomic E-state index is 0. The molecule has 0 radical (unpaired) electrons. The van der Waals surface area contributed by atoms with Crippen LogP contribution in [0.4, 0.5) is 0 Å². The van der Waals surface area contributed by atoms with Crippen molar-refractivity contribution in [2.75, 3.05) is 6.61 Å². The molecule has 0 atom stereocenters. The van der Waals surface area contributed by atoms with Gasteiger partial charge in [-0.3, -0.25) is 0 Å². The van der Waals surface area contributed by atoms with Gasteiger partial charge in [-0.1, -0.05) is 11.7 Å². The van der Waals surface area contributed by atoms with E-state index in [1.165, 1.54) is 18.1 Å². The van der Waals surface area contributed by atoms with E-state index < -0.39 is 0 Å². The zero-order valence-corrected chi connectivity index (χ0v) is 6.36. The number of hydrogen-bond acceptors (Lipinski definition) is 1. The molecule has 0 amide bonds. The van der Waals surface area contributed by atoms with Gasteiger partial charge < -0.3 is 5.22 Å². The van der Waals surface area contributed by atoms with Crippen LogP contribution < -0.4 is 18.9 Å². The molecule has 0 spiro atoms. The van der Waals surface area contributed by atoms with Crippen molar-refractivity contribution in [1.82, 2.24) is 0 Å². The van der Waals surface area contributed by atoms with Gasteiger partial charge in [-0.25, -0.2) is 0 Å². The summed E-state index contributed by atoms with van der Waals surface area (Å²) in [6.45, 7) is 1.06. The summed E-state index contributed by atoms with van der Waals surface area (Å²) in [4.78, 5) is 0. The normalized spacial score (nSPS) is 19.4. The largest absolute Gasteiger partial charge is 1.00 e. The summed E-state index contributed by atoms with van der Waals surface area (Å²) in [5, 5.41) is 1.42. The fourth-order valence-electron chi connectivity index (χ4n) is 0.687. The Bertz CT molecular complexity index is 31.5. The van der Waals surface area contributed by atoms with E-state index in [2.05, 4.69) is 0 Å². The van der Waals surface area contributed by atoms with Gasteiger partial charge in [0.15, 0.2) is 0 Å². The summed E-state index contributed by atoms with van der Waals surface area (Å²) >= 11 is 0.00849. The first-order valence-corrected chi connectivity index (χ1v) is 4.15. The summed E-state index contributed by atoms with van der Waals surface area (Å²) in [7, 11) is 0. The van der Waals surface area contributed by atoms with Gasteiger partial charge >= 0.3 is 34.4 Å². The third-order valence-electron chi connectivity index (χ3n) is 1.08. The Labute approximate surface area is 64.5 Å². The van der Waals surface area contributed by atoms with Crippen LogP contribution in [0.5, 0.6) is 0 Å². The maximum absolute atomic E-state index is 5.21. The summed E-state index contributed by atoms with van der Waals surface area (Å²) in [5.41, 5.74) is 0. The fraction of sp³-hybridized carbons (Fsp3) is 1.00. The van der Waals surface area contributed by atoms with Crippen LogP contribution in [0.15, 0.2) is 0 Å². The Hall–Kier alpha value is 1.09. The molecule has 1 heterocycles. The van der Waals surface area contributed by atoms with Gasteiger partial charge in [0.2, 0.25) is 0 Å². The van der Waals surface area contributed by atoms with Crippen molar-refractivity contribution in [3.05, 3.63) is 0 Å². The second-order valence-electron chi connectivity index (χ2n) is 1.67. The van der Waals surface area contributed by atoms with Crippen LogP contribution >= 0.6 is 0 Å². The third-order valence-corrected chi connectivity index (χ3v) is 2.44. The molecule has 0 bridgehead atoms. The maximum Gasteiger partial charge on any atom is 1.00 e. The molecule has 0 aromatic carbocycles. The Morgan fingerprint density at radius 2 is 2.29 bits per heavy atom. The molecule has 0 aliphatic carbocycles. The van der Waals surface area contributed by atoms with Crippen molar-refractivity contribution in [2.24, 2.45) is 0 Å². The molecule has 0 N–H and O–H groups in total. The summed E-state index contributed by atoms with van der Waals surface area (Å²) < 4.78 is 5.21. The zero-order chi connectivity index (χ0) is 4.24.